The van der Waals surface area contributed by atoms with Crippen LogP contribution in [0.3, 0.4) is 0 Å². The lowest BCUT2D eigenvalue weighted by molar-refractivity contribution is 0.0525. The molecule has 0 radical (unpaired) electrons. The molecule has 4 nitrogen and oxygen atoms in total. The molecule has 2 aliphatic rings. The second kappa shape index (κ2) is 5.41. The number of nitrogens with one attached hydrogen (secondary N) is 1. The monoisotopic (exact) mass is 249 g/mol. The predicted octanol–water partition coefficient (Wildman–Crippen LogP) is 2.27. The smallest absolute Gasteiger partial charge is 0.122 e. The molecule has 1 aromatic heterocycles. The van der Waals surface area contributed by atoms with Crippen LogP contribution in [-0.4, -0.2) is 28.8 Å². The third-order valence-electron chi connectivity index (χ3n) is 4.20. The molecule has 2 aliphatic carbocycles. The summed E-state index contributed by atoms with van der Waals surface area (Å²) in [4.78, 5) is 4.50. The van der Waals surface area contributed by atoms with Crippen molar-refractivity contribution >= 4 is 0 Å². The molecule has 4 heteroatoms. The maximum absolute atomic E-state index is 5.52. The van der Waals surface area contributed by atoms with Crippen LogP contribution >= 0.6 is 0 Å². The van der Waals surface area contributed by atoms with E-state index in [-0.39, 0.29) is 0 Å². The third-order valence-corrected chi connectivity index (χ3v) is 4.20. The molecule has 0 bridgehead atoms. The van der Waals surface area contributed by atoms with Crippen molar-refractivity contribution in [2.24, 2.45) is 0 Å². The normalized spacial score (nSPS) is 28.5. The summed E-state index contributed by atoms with van der Waals surface area (Å²) in [6.07, 6.45) is 12.0. The standard InChI is InChI=1S/C14H23N3O/c1-18-13-4-2-3-12(9-13)17-8-7-15-14(17)10-16-11-5-6-11/h7-8,11-13,16H,2-6,9-10H2,1H3. The highest BCUT2D eigenvalue weighted by Gasteiger charge is 2.25. The first-order valence-corrected chi connectivity index (χ1v) is 7.14. The van der Waals surface area contributed by atoms with Crippen molar-refractivity contribution in [2.75, 3.05) is 7.11 Å². The Bertz CT molecular complexity index is 386. The van der Waals surface area contributed by atoms with Crippen molar-refractivity contribution in [1.82, 2.24) is 14.9 Å². The zero-order valence-electron chi connectivity index (χ0n) is 11.1. The van der Waals surface area contributed by atoms with E-state index in [1.165, 1.54) is 37.9 Å². The Morgan fingerprint density at radius 2 is 2.28 bits per heavy atom. The largest absolute Gasteiger partial charge is 0.381 e. The Hall–Kier alpha value is -0.870. The Balaban J connectivity index is 1.64. The van der Waals surface area contributed by atoms with Crippen LogP contribution < -0.4 is 5.32 Å². The maximum atomic E-state index is 5.52. The minimum Gasteiger partial charge on any atom is -0.381 e. The molecule has 2 saturated carbocycles. The molecule has 2 atom stereocenters. The second-order valence-electron chi connectivity index (χ2n) is 5.58. The van der Waals surface area contributed by atoms with E-state index in [1.54, 1.807) is 0 Å². The van der Waals surface area contributed by atoms with E-state index in [0.717, 1.165) is 19.0 Å². The van der Waals surface area contributed by atoms with Crippen molar-refractivity contribution < 1.29 is 4.74 Å². The third kappa shape index (κ3) is 2.75. The number of nitrogens with zero attached hydrogens (tertiary/aromatic N) is 2. The van der Waals surface area contributed by atoms with Gasteiger partial charge in [-0.2, -0.15) is 0 Å². The van der Waals surface area contributed by atoms with Gasteiger partial charge in [-0.05, 0) is 38.5 Å². The average molecular weight is 249 g/mol. The Morgan fingerprint density at radius 1 is 1.39 bits per heavy atom. The molecule has 2 fully saturated rings. The number of ether oxygens (including phenoxy) is 1. The van der Waals surface area contributed by atoms with Crippen molar-refractivity contribution in [2.45, 2.75) is 63.3 Å². The first-order chi connectivity index (χ1) is 8.86. The molecule has 100 valence electrons. The van der Waals surface area contributed by atoms with Crippen molar-refractivity contribution in [3.8, 4) is 0 Å². The van der Waals surface area contributed by atoms with E-state index < -0.39 is 0 Å². The molecule has 1 aromatic rings. The number of methoxy groups -OCH3 is 1. The molecule has 1 heterocycles. The van der Waals surface area contributed by atoms with Gasteiger partial charge in [0.1, 0.15) is 5.82 Å². The first kappa shape index (κ1) is 12.2. The highest BCUT2D eigenvalue weighted by molar-refractivity contribution is 4.98. The minimum absolute atomic E-state index is 0.426. The number of hydrogen-bond acceptors (Lipinski definition) is 3. The van der Waals surface area contributed by atoms with E-state index in [2.05, 4.69) is 21.1 Å². The quantitative estimate of drug-likeness (QED) is 0.870. The van der Waals surface area contributed by atoms with E-state index in [4.69, 9.17) is 4.74 Å². The van der Waals surface area contributed by atoms with Gasteiger partial charge in [0.05, 0.1) is 12.6 Å². The fraction of sp³-hybridized carbons (Fsp3) is 0.786. The average Bonchev–Trinajstić information content (AvgIpc) is 3.13. The van der Waals surface area contributed by atoms with Gasteiger partial charge in [-0.15, -0.1) is 0 Å². The van der Waals surface area contributed by atoms with E-state index in [0.29, 0.717) is 12.1 Å². The molecular formula is C14H23N3O. The number of imidazole rings is 1. The minimum atomic E-state index is 0.426. The van der Waals surface area contributed by atoms with Crippen molar-refractivity contribution in [1.29, 1.82) is 0 Å². The SMILES string of the molecule is COC1CCCC(n2ccnc2CNC2CC2)C1. The van der Waals surface area contributed by atoms with E-state index in [1.807, 2.05) is 13.3 Å². The summed E-state index contributed by atoms with van der Waals surface area (Å²) < 4.78 is 7.88. The lowest BCUT2D eigenvalue weighted by atomic mass is 9.92. The summed E-state index contributed by atoms with van der Waals surface area (Å²) in [5, 5.41) is 3.55. The fourth-order valence-electron chi connectivity index (χ4n) is 2.92. The van der Waals surface area contributed by atoms with Gasteiger partial charge in [0.15, 0.2) is 0 Å². The van der Waals surface area contributed by atoms with E-state index in [9.17, 15) is 0 Å². The topological polar surface area (TPSA) is 39.1 Å². The zero-order chi connectivity index (χ0) is 12.4. The summed E-state index contributed by atoms with van der Waals surface area (Å²) >= 11 is 0. The van der Waals surface area contributed by atoms with Crippen LogP contribution in [0.25, 0.3) is 0 Å². The second-order valence-corrected chi connectivity index (χ2v) is 5.58. The van der Waals surface area contributed by atoms with Gasteiger partial charge >= 0.3 is 0 Å². The van der Waals surface area contributed by atoms with Crippen LogP contribution in [0.4, 0.5) is 0 Å². The van der Waals surface area contributed by atoms with Crippen LogP contribution in [0.5, 0.6) is 0 Å². The molecule has 0 spiro atoms. The lowest BCUT2D eigenvalue weighted by Gasteiger charge is -2.30. The van der Waals surface area contributed by atoms with Crippen molar-refractivity contribution in [3.63, 3.8) is 0 Å². The summed E-state index contributed by atoms with van der Waals surface area (Å²) in [7, 11) is 1.83. The van der Waals surface area contributed by atoms with Crippen LogP contribution in [0.1, 0.15) is 50.4 Å². The summed E-state index contributed by atoms with van der Waals surface area (Å²) in [5.74, 6) is 1.18. The summed E-state index contributed by atoms with van der Waals surface area (Å²) in [5.41, 5.74) is 0. The first-order valence-electron chi connectivity index (χ1n) is 7.14. The van der Waals surface area contributed by atoms with Gasteiger partial charge in [-0.3, -0.25) is 0 Å². The lowest BCUT2D eigenvalue weighted by Crippen LogP contribution is -2.26. The van der Waals surface area contributed by atoms with Crippen LogP contribution in [0.2, 0.25) is 0 Å². The maximum Gasteiger partial charge on any atom is 0.122 e. The number of hydrogen-bond donors (Lipinski definition) is 1. The van der Waals surface area contributed by atoms with Crippen LogP contribution in [0.15, 0.2) is 12.4 Å². The highest BCUT2D eigenvalue weighted by Crippen LogP contribution is 2.30. The molecule has 1 N–H and O–H groups in total. The molecule has 0 amide bonds. The van der Waals surface area contributed by atoms with Gasteiger partial charge in [0.2, 0.25) is 0 Å². The Kier molecular flexibility index (Phi) is 3.66. The van der Waals surface area contributed by atoms with Gasteiger partial charge in [-0.1, -0.05) is 0 Å². The predicted molar refractivity (Wildman–Crippen MR) is 70.4 cm³/mol. The van der Waals surface area contributed by atoms with Gasteiger partial charge in [-0.25, -0.2) is 4.98 Å². The van der Waals surface area contributed by atoms with E-state index >= 15 is 0 Å². The summed E-state index contributed by atoms with van der Waals surface area (Å²) in [6.45, 7) is 0.909. The van der Waals surface area contributed by atoms with Gasteiger partial charge in [0, 0.05) is 31.6 Å². The molecular weight excluding hydrogens is 226 g/mol. The summed E-state index contributed by atoms with van der Waals surface area (Å²) in [6, 6.07) is 1.32. The molecule has 2 unspecified atom stereocenters. The Morgan fingerprint density at radius 3 is 3.06 bits per heavy atom. The fourth-order valence-corrected chi connectivity index (χ4v) is 2.92. The van der Waals surface area contributed by atoms with Gasteiger partial charge < -0.3 is 14.6 Å². The molecule has 0 saturated heterocycles. The van der Waals surface area contributed by atoms with Crippen molar-refractivity contribution in [3.05, 3.63) is 18.2 Å². The van der Waals surface area contributed by atoms with Crippen LogP contribution in [0, 0.1) is 0 Å². The van der Waals surface area contributed by atoms with Gasteiger partial charge in [0.25, 0.3) is 0 Å². The molecule has 18 heavy (non-hydrogen) atoms. The Labute approximate surface area is 109 Å². The number of aromatic nitrogens is 2. The highest BCUT2D eigenvalue weighted by atomic mass is 16.5. The number of rotatable bonds is 5. The zero-order valence-corrected chi connectivity index (χ0v) is 11.1. The molecule has 0 aliphatic heterocycles. The molecule has 3 rings (SSSR count). The molecule has 0 aromatic carbocycles. The van der Waals surface area contributed by atoms with Crippen LogP contribution in [-0.2, 0) is 11.3 Å².